The lowest BCUT2D eigenvalue weighted by molar-refractivity contribution is -0.155. The van der Waals surface area contributed by atoms with Crippen LogP contribution >= 0.6 is 35.0 Å². The highest BCUT2D eigenvalue weighted by molar-refractivity contribution is 7.98. The van der Waals surface area contributed by atoms with Crippen LogP contribution in [0.4, 0.5) is 10.5 Å². The number of hydrogen-bond donors (Lipinski definition) is 3. The van der Waals surface area contributed by atoms with Crippen LogP contribution < -0.4 is 16.4 Å². The number of thioether (sulfide) groups is 1. The van der Waals surface area contributed by atoms with Gasteiger partial charge in [-0.25, -0.2) is 9.59 Å². The number of nitrogens with two attached hydrogens (primary N) is 1. The van der Waals surface area contributed by atoms with Crippen LogP contribution in [0.25, 0.3) is 0 Å². The number of benzene rings is 1. The molecule has 4 N–H and O–H groups in total. The molecule has 10 heteroatoms. The highest BCUT2D eigenvalue weighted by Crippen LogP contribution is 2.25. The molecule has 0 aliphatic heterocycles. The van der Waals surface area contributed by atoms with Gasteiger partial charge in [0.05, 0.1) is 10.7 Å². The van der Waals surface area contributed by atoms with Crippen molar-refractivity contribution in [2.24, 2.45) is 5.73 Å². The maximum absolute atomic E-state index is 12.1. The Bertz CT molecular complexity index is 645. The topological polar surface area (TPSA) is 111 Å². The lowest BCUT2D eigenvalue weighted by Gasteiger charge is -2.19. The third-order valence-corrected chi connectivity index (χ3v) is 4.25. The third-order valence-electron chi connectivity index (χ3n) is 3.06. The molecule has 0 saturated carbocycles. The second-order valence-electron chi connectivity index (χ2n) is 5.04. The van der Waals surface area contributed by atoms with Crippen molar-refractivity contribution in [2.45, 2.75) is 25.5 Å². The van der Waals surface area contributed by atoms with Crippen LogP contribution in [0.5, 0.6) is 0 Å². The van der Waals surface area contributed by atoms with E-state index in [4.69, 9.17) is 33.7 Å². The quantitative estimate of drug-likeness (QED) is 0.573. The van der Waals surface area contributed by atoms with Gasteiger partial charge in [-0.2, -0.15) is 11.8 Å². The molecule has 0 unspecified atom stereocenters. The van der Waals surface area contributed by atoms with Crippen LogP contribution in [0, 0.1) is 0 Å². The first kappa shape index (κ1) is 21.4. The van der Waals surface area contributed by atoms with E-state index in [1.807, 2.05) is 6.26 Å². The van der Waals surface area contributed by atoms with Crippen LogP contribution in [0.2, 0.25) is 10.0 Å². The first-order chi connectivity index (χ1) is 11.7. The number of carbonyl (C=O) groups is 3. The van der Waals surface area contributed by atoms with E-state index in [0.717, 1.165) is 0 Å². The monoisotopic (exact) mass is 407 g/mol. The highest BCUT2D eigenvalue weighted by Gasteiger charge is 2.26. The van der Waals surface area contributed by atoms with Gasteiger partial charge in [0, 0.05) is 5.02 Å². The van der Waals surface area contributed by atoms with Gasteiger partial charge < -0.3 is 21.1 Å². The summed E-state index contributed by atoms with van der Waals surface area (Å²) in [6.45, 7) is 1.41. The number of ether oxygens (including phenoxy) is 1. The van der Waals surface area contributed by atoms with Crippen LogP contribution in [0.1, 0.15) is 13.3 Å². The molecule has 0 aromatic heterocycles. The van der Waals surface area contributed by atoms with Crippen molar-refractivity contribution in [1.29, 1.82) is 0 Å². The highest BCUT2D eigenvalue weighted by atomic mass is 35.5. The summed E-state index contributed by atoms with van der Waals surface area (Å²) < 4.78 is 5.11. The van der Waals surface area contributed by atoms with E-state index >= 15 is 0 Å². The molecule has 1 rings (SSSR count). The molecule has 25 heavy (non-hydrogen) atoms. The minimum atomic E-state index is -1.09. The summed E-state index contributed by atoms with van der Waals surface area (Å²) in [5.41, 5.74) is 5.40. The van der Waals surface area contributed by atoms with Gasteiger partial charge >= 0.3 is 12.0 Å². The number of esters is 1. The lowest BCUT2D eigenvalue weighted by Crippen LogP contribution is -2.46. The second kappa shape index (κ2) is 10.4. The fourth-order valence-corrected chi connectivity index (χ4v) is 2.72. The maximum atomic E-state index is 12.1. The Balaban J connectivity index is 2.67. The van der Waals surface area contributed by atoms with Crippen LogP contribution in [0.15, 0.2) is 18.2 Å². The number of anilines is 1. The molecule has 0 bridgehead atoms. The average molecular weight is 408 g/mol. The van der Waals surface area contributed by atoms with Gasteiger partial charge in [0.1, 0.15) is 6.04 Å². The van der Waals surface area contributed by atoms with Crippen LogP contribution in [-0.2, 0) is 14.3 Å². The molecule has 0 fully saturated rings. The summed E-state index contributed by atoms with van der Waals surface area (Å²) in [7, 11) is 0. The molecule has 0 spiro atoms. The van der Waals surface area contributed by atoms with Crippen molar-refractivity contribution in [3.8, 4) is 0 Å². The van der Waals surface area contributed by atoms with E-state index in [1.165, 1.54) is 30.8 Å². The molecule has 0 aliphatic rings. The number of hydrogen-bond acceptors (Lipinski definition) is 5. The van der Waals surface area contributed by atoms with E-state index in [0.29, 0.717) is 22.9 Å². The van der Waals surface area contributed by atoms with Gasteiger partial charge in [-0.3, -0.25) is 4.79 Å². The molecular weight excluding hydrogens is 389 g/mol. The Morgan fingerprint density at radius 1 is 1.32 bits per heavy atom. The van der Waals surface area contributed by atoms with E-state index in [2.05, 4.69) is 10.6 Å². The Hall–Kier alpha value is -1.64. The Morgan fingerprint density at radius 2 is 2.00 bits per heavy atom. The molecule has 7 nitrogen and oxygen atoms in total. The smallest absolute Gasteiger partial charge is 0.329 e. The van der Waals surface area contributed by atoms with Crippen molar-refractivity contribution >= 4 is 58.6 Å². The standard InChI is InChI=1S/C15H19Cl2N3O4S/c1-8(13(21)19-11-4-3-9(16)7-10(11)17)24-14(22)12(5-6-25-2)20-15(18)23/h3-4,7-8,12H,5-6H2,1-2H3,(H,19,21)(H3,18,20,23)/t8-,12+/m1/s1. The maximum Gasteiger partial charge on any atom is 0.329 e. The largest absolute Gasteiger partial charge is 0.451 e. The SMILES string of the molecule is CSCC[C@H](NC(N)=O)C(=O)O[C@H](C)C(=O)Nc1ccc(Cl)cc1Cl. The average Bonchev–Trinajstić information content (AvgIpc) is 2.53. The fraction of sp³-hybridized carbons (Fsp3) is 0.400. The Kier molecular flexibility index (Phi) is 8.88. The number of nitrogens with one attached hydrogen (secondary N) is 2. The van der Waals surface area contributed by atoms with Gasteiger partial charge in [0.25, 0.3) is 5.91 Å². The molecule has 0 saturated heterocycles. The summed E-state index contributed by atoms with van der Waals surface area (Å²) in [6.07, 6.45) is 1.10. The Labute approximate surface area is 159 Å². The number of halogens is 2. The molecule has 1 aromatic carbocycles. The number of amides is 3. The van der Waals surface area contributed by atoms with Crippen LogP contribution in [-0.4, -0.2) is 42.1 Å². The van der Waals surface area contributed by atoms with E-state index in [9.17, 15) is 14.4 Å². The summed E-state index contributed by atoms with van der Waals surface area (Å²) in [5, 5.41) is 5.53. The van der Waals surface area contributed by atoms with Gasteiger partial charge in [0.15, 0.2) is 6.10 Å². The number of rotatable bonds is 8. The molecule has 3 amide bonds. The zero-order chi connectivity index (χ0) is 19.0. The Morgan fingerprint density at radius 3 is 2.56 bits per heavy atom. The minimum Gasteiger partial charge on any atom is -0.451 e. The molecule has 0 heterocycles. The summed E-state index contributed by atoms with van der Waals surface area (Å²) >= 11 is 13.3. The van der Waals surface area contributed by atoms with Gasteiger partial charge in [0.2, 0.25) is 0 Å². The predicted molar refractivity (Wildman–Crippen MR) is 100 cm³/mol. The molecule has 0 radical (unpaired) electrons. The summed E-state index contributed by atoms with van der Waals surface area (Å²) in [4.78, 5) is 35.3. The van der Waals surface area contributed by atoms with E-state index < -0.39 is 30.1 Å². The van der Waals surface area contributed by atoms with Crippen LogP contribution in [0.3, 0.4) is 0 Å². The van der Waals surface area contributed by atoms with Gasteiger partial charge in [-0.1, -0.05) is 23.2 Å². The zero-order valence-corrected chi connectivity index (χ0v) is 16.0. The number of carbonyl (C=O) groups excluding carboxylic acids is 3. The minimum absolute atomic E-state index is 0.257. The van der Waals surface area contributed by atoms with Crippen molar-refractivity contribution < 1.29 is 19.1 Å². The number of primary amides is 1. The van der Waals surface area contributed by atoms with Crippen molar-refractivity contribution in [3.05, 3.63) is 28.2 Å². The predicted octanol–water partition coefficient (Wildman–Crippen LogP) is 2.65. The molecule has 0 aliphatic carbocycles. The fourth-order valence-electron chi connectivity index (χ4n) is 1.79. The molecular formula is C15H19Cl2N3O4S. The first-order valence-electron chi connectivity index (χ1n) is 7.26. The number of urea groups is 1. The summed E-state index contributed by atoms with van der Waals surface area (Å²) in [5.74, 6) is -0.695. The lowest BCUT2D eigenvalue weighted by atomic mass is 10.2. The molecule has 2 atom stereocenters. The zero-order valence-electron chi connectivity index (χ0n) is 13.7. The molecule has 1 aromatic rings. The third kappa shape index (κ3) is 7.41. The van der Waals surface area contributed by atoms with E-state index in [1.54, 1.807) is 6.07 Å². The summed E-state index contributed by atoms with van der Waals surface area (Å²) in [6, 6.07) is 2.82. The van der Waals surface area contributed by atoms with Crippen molar-refractivity contribution in [1.82, 2.24) is 5.32 Å². The normalized spacial score (nSPS) is 12.8. The van der Waals surface area contributed by atoms with Gasteiger partial charge in [-0.05, 0) is 43.6 Å². The van der Waals surface area contributed by atoms with Crippen molar-refractivity contribution in [2.75, 3.05) is 17.3 Å². The van der Waals surface area contributed by atoms with Crippen molar-refractivity contribution in [3.63, 3.8) is 0 Å². The van der Waals surface area contributed by atoms with E-state index in [-0.39, 0.29) is 5.02 Å². The second-order valence-corrected chi connectivity index (χ2v) is 6.86. The van der Waals surface area contributed by atoms with Gasteiger partial charge in [-0.15, -0.1) is 0 Å². The molecule has 138 valence electrons. The first-order valence-corrected chi connectivity index (χ1v) is 9.41.